The molecule has 0 saturated carbocycles. The number of nitrogens with zero attached hydrogens (tertiary/aromatic N) is 3. The van der Waals surface area contributed by atoms with Gasteiger partial charge in [0.25, 0.3) is 5.56 Å². The van der Waals surface area contributed by atoms with Gasteiger partial charge in [-0.3, -0.25) is 4.79 Å². The van der Waals surface area contributed by atoms with E-state index in [1.165, 1.54) is 4.68 Å². The zero-order valence-electron chi connectivity index (χ0n) is 27.8. The molecule has 7 nitrogen and oxygen atoms in total. The molecule has 0 bridgehead atoms. The van der Waals surface area contributed by atoms with Crippen molar-refractivity contribution in [2.45, 2.75) is 53.6 Å². The molecule has 4 aromatic carbocycles. The maximum absolute atomic E-state index is 14.0. The Labute approximate surface area is 298 Å². The number of fused-ring (bicyclic) bond motifs is 1. The maximum Gasteiger partial charge on any atom is 0.282 e. The molecule has 0 atom stereocenters. The lowest BCUT2D eigenvalue weighted by Crippen LogP contribution is -2.21. The fraction of sp³-hybridized carbons (Fsp3) is 0.256. The molecule has 0 N–H and O–H groups in total. The molecule has 0 aliphatic rings. The lowest BCUT2D eigenvalue weighted by atomic mass is 9.96. The molecular weight excluding hydrogens is 734 g/mol. The summed E-state index contributed by atoms with van der Waals surface area (Å²) in [7, 11) is 0. The first-order valence-corrected chi connectivity index (χ1v) is 17.5. The van der Waals surface area contributed by atoms with Gasteiger partial charge in [-0.2, -0.15) is 9.78 Å². The van der Waals surface area contributed by atoms with Crippen molar-refractivity contribution in [3.8, 4) is 28.6 Å². The predicted octanol–water partition coefficient (Wildman–Crippen LogP) is 10.0. The van der Waals surface area contributed by atoms with E-state index < -0.39 is 0 Å². The van der Waals surface area contributed by atoms with Crippen LogP contribution >= 0.6 is 31.9 Å². The van der Waals surface area contributed by atoms with Crippen molar-refractivity contribution in [1.29, 1.82) is 0 Å². The van der Waals surface area contributed by atoms with E-state index in [0.717, 1.165) is 48.1 Å². The summed E-state index contributed by atoms with van der Waals surface area (Å²) in [5.74, 6) is 2.70. The molecule has 0 radical (unpaired) electrons. The summed E-state index contributed by atoms with van der Waals surface area (Å²) in [6.45, 7) is 15.5. The fourth-order valence-corrected chi connectivity index (χ4v) is 6.64. The van der Waals surface area contributed by atoms with E-state index in [-0.39, 0.29) is 11.5 Å². The maximum atomic E-state index is 14.0. The number of halogens is 2. The minimum atomic E-state index is -0.261. The van der Waals surface area contributed by atoms with Crippen LogP contribution in [0.3, 0.4) is 0 Å². The molecule has 0 amide bonds. The first-order chi connectivity index (χ1) is 23.1. The highest BCUT2D eigenvalue weighted by Gasteiger charge is 2.19. The van der Waals surface area contributed by atoms with Gasteiger partial charge in [-0.15, -0.1) is 6.58 Å². The quantitative estimate of drug-likeness (QED) is 0.0880. The van der Waals surface area contributed by atoms with Crippen molar-refractivity contribution >= 4 is 49.0 Å². The lowest BCUT2D eigenvalue weighted by molar-refractivity contribution is 0.266. The third-order valence-electron chi connectivity index (χ3n) is 7.80. The van der Waals surface area contributed by atoms with Gasteiger partial charge >= 0.3 is 0 Å². The van der Waals surface area contributed by atoms with Gasteiger partial charge in [-0.25, -0.2) is 4.98 Å². The minimum absolute atomic E-state index is 0.195. The molecule has 0 unspecified atom stereocenters. The first kappa shape index (κ1) is 35.1. The fourth-order valence-electron chi connectivity index (χ4n) is 5.48. The van der Waals surface area contributed by atoms with Crippen LogP contribution in [0.15, 0.2) is 98.2 Å². The lowest BCUT2D eigenvalue weighted by Gasteiger charge is -2.18. The summed E-state index contributed by atoms with van der Waals surface area (Å²) in [4.78, 5) is 19.0. The van der Waals surface area contributed by atoms with Gasteiger partial charge in [0.15, 0.2) is 17.3 Å². The molecule has 0 saturated heterocycles. The molecule has 9 heteroatoms. The van der Waals surface area contributed by atoms with Crippen LogP contribution in [0.4, 0.5) is 0 Å². The van der Waals surface area contributed by atoms with Crippen molar-refractivity contribution in [2.75, 3.05) is 13.2 Å². The van der Waals surface area contributed by atoms with Gasteiger partial charge < -0.3 is 14.2 Å². The Morgan fingerprint density at radius 2 is 1.69 bits per heavy atom. The number of hydrogen-bond donors (Lipinski definition) is 0. The molecule has 0 fully saturated rings. The van der Waals surface area contributed by atoms with E-state index in [0.29, 0.717) is 54.5 Å². The zero-order chi connectivity index (χ0) is 34.4. The number of hydrogen-bond acceptors (Lipinski definition) is 6. The highest BCUT2D eigenvalue weighted by molar-refractivity contribution is 9.11. The van der Waals surface area contributed by atoms with Crippen LogP contribution in [0.5, 0.6) is 17.2 Å². The van der Waals surface area contributed by atoms with E-state index >= 15 is 0 Å². The monoisotopic (exact) mass is 771 g/mol. The number of ether oxygens (including phenoxy) is 3. The smallest absolute Gasteiger partial charge is 0.282 e. The topological polar surface area (TPSA) is 74.9 Å². The Kier molecular flexibility index (Phi) is 11.5. The summed E-state index contributed by atoms with van der Waals surface area (Å²) in [5, 5.41) is 5.26. The van der Waals surface area contributed by atoms with Gasteiger partial charge in [-0.05, 0) is 98.3 Å². The van der Waals surface area contributed by atoms with Crippen LogP contribution in [0.25, 0.3) is 22.3 Å². The van der Waals surface area contributed by atoms with Gasteiger partial charge in [0, 0.05) is 25.6 Å². The molecule has 1 aromatic heterocycles. The normalized spacial score (nSPS) is 11.4. The molecule has 0 spiro atoms. The molecule has 48 heavy (non-hydrogen) atoms. The summed E-state index contributed by atoms with van der Waals surface area (Å²) in [5.41, 5.74) is 5.75. The third-order valence-corrected chi connectivity index (χ3v) is 9.03. The Hall–Kier alpha value is -4.21. The average Bonchev–Trinajstić information content (AvgIpc) is 3.05. The third kappa shape index (κ3) is 7.74. The number of aryl methyl sites for hydroxylation is 1. The van der Waals surface area contributed by atoms with Gasteiger partial charge in [0.05, 0.1) is 30.3 Å². The molecule has 1 heterocycles. The Balaban J connectivity index is 1.63. The summed E-state index contributed by atoms with van der Waals surface area (Å²) >= 11 is 7.13. The second-order valence-electron chi connectivity index (χ2n) is 11.6. The van der Waals surface area contributed by atoms with Crippen molar-refractivity contribution in [3.05, 3.63) is 127 Å². The molecule has 5 rings (SSSR count). The number of allylic oxidation sites excluding steroid dienone is 1. The largest absolute Gasteiger partial charge is 0.494 e. The van der Waals surface area contributed by atoms with Crippen molar-refractivity contribution in [3.63, 3.8) is 0 Å². The van der Waals surface area contributed by atoms with Crippen LogP contribution in [0.1, 0.15) is 61.4 Å². The molecule has 5 aromatic rings. The van der Waals surface area contributed by atoms with Crippen LogP contribution in [-0.2, 0) is 13.0 Å². The van der Waals surface area contributed by atoms with Gasteiger partial charge in [0.1, 0.15) is 12.4 Å². The standard InChI is InChI=1S/C39H39Br2N3O4/c1-7-12-27-18-26(19-36(47-9-3)37(27)48-23-28-15-16-29(40)20-33(28)41)22-42-44-38(43-34-14-11-10-13-30(34)39(44)45)32-21-31(24(4)5)35(46-8-2)17-25(32)6/h7,10-11,13-22,24H,1,8-9,12,23H2,2-6H3. The minimum Gasteiger partial charge on any atom is -0.494 e. The second-order valence-corrected chi connectivity index (χ2v) is 13.3. The SMILES string of the molecule is C=CCc1cc(C=Nn2c(-c3cc(C(C)C)c(OCC)cc3C)nc3ccccc3c2=O)cc(OCC)c1OCc1ccc(Br)cc1Br. The number of para-hydroxylation sites is 1. The molecule has 248 valence electrons. The van der Waals surface area contributed by atoms with Crippen molar-refractivity contribution in [1.82, 2.24) is 9.66 Å². The molecule has 0 aliphatic heterocycles. The van der Waals surface area contributed by atoms with Crippen LogP contribution < -0.4 is 19.8 Å². The summed E-state index contributed by atoms with van der Waals surface area (Å²) in [6, 6.07) is 21.3. The van der Waals surface area contributed by atoms with Gasteiger partial charge in [0.2, 0.25) is 0 Å². The predicted molar refractivity (Wildman–Crippen MR) is 202 cm³/mol. The number of aromatic nitrogens is 2. The highest BCUT2D eigenvalue weighted by atomic mass is 79.9. The van der Waals surface area contributed by atoms with E-state index in [1.54, 1.807) is 12.3 Å². The average molecular weight is 774 g/mol. The number of rotatable bonds is 13. The Bertz CT molecular complexity index is 2050. The highest BCUT2D eigenvalue weighted by Crippen LogP contribution is 2.36. The first-order valence-electron chi connectivity index (χ1n) is 16.0. The van der Waals surface area contributed by atoms with E-state index in [2.05, 4.69) is 58.4 Å². The van der Waals surface area contributed by atoms with Crippen molar-refractivity contribution < 1.29 is 14.2 Å². The summed E-state index contributed by atoms with van der Waals surface area (Å²) < 4.78 is 21.7. The second kappa shape index (κ2) is 15.8. The van der Waals surface area contributed by atoms with Crippen LogP contribution in [0.2, 0.25) is 0 Å². The van der Waals surface area contributed by atoms with Crippen LogP contribution in [-0.4, -0.2) is 29.1 Å². The van der Waals surface area contributed by atoms with E-state index in [9.17, 15) is 4.79 Å². The number of benzene rings is 4. The van der Waals surface area contributed by atoms with Crippen LogP contribution in [0, 0.1) is 6.92 Å². The molecule has 0 aliphatic carbocycles. The Morgan fingerprint density at radius 1 is 0.938 bits per heavy atom. The zero-order valence-corrected chi connectivity index (χ0v) is 31.0. The van der Waals surface area contributed by atoms with Crippen molar-refractivity contribution in [2.24, 2.45) is 5.10 Å². The Morgan fingerprint density at radius 3 is 2.40 bits per heavy atom. The molecular formula is C39H39Br2N3O4. The van der Waals surface area contributed by atoms with E-state index in [4.69, 9.17) is 24.3 Å². The van der Waals surface area contributed by atoms with Gasteiger partial charge in [-0.1, -0.05) is 70.0 Å². The van der Waals surface area contributed by atoms with E-state index in [1.807, 2.05) is 81.4 Å². The summed E-state index contributed by atoms with van der Waals surface area (Å²) in [6.07, 6.45) is 4.04.